The minimum absolute atomic E-state index is 0.225. The lowest BCUT2D eigenvalue weighted by Crippen LogP contribution is -2.25. The number of benzene rings is 1. The molecule has 1 aliphatic rings. The first-order chi connectivity index (χ1) is 8.99. The van der Waals surface area contributed by atoms with Crippen LogP contribution in [-0.4, -0.2) is 19.3 Å². The Bertz CT molecular complexity index is 431. The van der Waals surface area contributed by atoms with Gasteiger partial charge in [0.25, 0.3) is 0 Å². The highest BCUT2D eigenvalue weighted by atomic mass is 19.4. The van der Waals surface area contributed by atoms with Crippen molar-refractivity contribution in [2.24, 2.45) is 0 Å². The highest BCUT2D eigenvalue weighted by Crippen LogP contribution is 2.32. The van der Waals surface area contributed by atoms with Gasteiger partial charge in [0.1, 0.15) is 5.75 Å². The molecule has 0 amide bonds. The van der Waals surface area contributed by atoms with Gasteiger partial charge < -0.3 is 10.1 Å². The Morgan fingerprint density at radius 2 is 2.16 bits per heavy atom. The van der Waals surface area contributed by atoms with Gasteiger partial charge in [-0.3, -0.25) is 0 Å². The fourth-order valence-corrected chi connectivity index (χ4v) is 2.49. The molecule has 1 aromatic carbocycles. The van der Waals surface area contributed by atoms with Crippen LogP contribution >= 0.6 is 0 Å². The number of ether oxygens (including phenoxy) is 1. The van der Waals surface area contributed by atoms with E-state index in [-0.39, 0.29) is 6.04 Å². The second kappa shape index (κ2) is 5.82. The second-order valence-electron chi connectivity index (χ2n) is 4.77. The molecule has 106 valence electrons. The molecule has 0 fully saturated rings. The summed E-state index contributed by atoms with van der Waals surface area (Å²) in [7, 11) is 0. The summed E-state index contributed by atoms with van der Waals surface area (Å²) in [5.41, 5.74) is 2.28. The predicted molar refractivity (Wildman–Crippen MR) is 67.3 cm³/mol. The van der Waals surface area contributed by atoms with E-state index in [4.69, 9.17) is 4.74 Å². The molecule has 0 saturated carbocycles. The Hall–Kier alpha value is -1.23. The maximum Gasteiger partial charge on any atom is 0.422 e. The van der Waals surface area contributed by atoms with E-state index in [0.29, 0.717) is 5.75 Å². The summed E-state index contributed by atoms with van der Waals surface area (Å²) < 4.78 is 41.2. The molecule has 0 radical (unpaired) electrons. The summed E-state index contributed by atoms with van der Waals surface area (Å²) >= 11 is 0. The molecule has 0 bridgehead atoms. The third-order valence-corrected chi connectivity index (χ3v) is 3.28. The van der Waals surface area contributed by atoms with Crippen LogP contribution in [0.1, 0.15) is 36.9 Å². The van der Waals surface area contributed by atoms with Crippen molar-refractivity contribution in [2.75, 3.05) is 13.2 Å². The summed E-state index contributed by atoms with van der Waals surface area (Å²) in [6.07, 6.45) is -1.19. The summed E-state index contributed by atoms with van der Waals surface area (Å²) in [6.45, 7) is 1.63. The van der Waals surface area contributed by atoms with Gasteiger partial charge in [-0.1, -0.05) is 13.0 Å². The fourth-order valence-electron chi connectivity index (χ4n) is 2.49. The van der Waals surface area contributed by atoms with E-state index in [0.717, 1.165) is 31.4 Å². The van der Waals surface area contributed by atoms with Crippen molar-refractivity contribution in [3.8, 4) is 5.75 Å². The molecule has 1 N–H and O–H groups in total. The number of rotatable bonds is 4. The topological polar surface area (TPSA) is 21.3 Å². The van der Waals surface area contributed by atoms with Crippen LogP contribution in [0.25, 0.3) is 0 Å². The van der Waals surface area contributed by atoms with Crippen LogP contribution in [0.2, 0.25) is 0 Å². The maximum atomic E-state index is 12.1. The predicted octanol–water partition coefficient (Wildman–Crippen LogP) is 3.61. The molecule has 1 atom stereocenters. The molecule has 2 rings (SSSR count). The van der Waals surface area contributed by atoms with Crippen molar-refractivity contribution in [3.05, 3.63) is 29.3 Å². The van der Waals surface area contributed by atoms with Crippen LogP contribution in [-0.2, 0) is 6.42 Å². The molecule has 19 heavy (non-hydrogen) atoms. The fraction of sp³-hybridized carbons (Fsp3) is 0.571. The third-order valence-electron chi connectivity index (χ3n) is 3.28. The monoisotopic (exact) mass is 273 g/mol. The van der Waals surface area contributed by atoms with Crippen LogP contribution in [0.15, 0.2) is 18.2 Å². The van der Waals surface area contributed by atoms with Crippen molar-refractivity contribution in [3.63, 3.8) is 0 Å². The Labute approximate surface area is 111 Å². The van der Waals surface area contributed by atoms with Crippen molar-refractivity contribution < 1.29 is 17.9 Å². The van der Waals surface area contributed by atoms with E-state index in [1.54, 1.807) is 12.1 Å². The molecule has 1 aliphatic carbocycles. The first-order valence-electron chi connectivity index (χ1n) is 6.55. The summed E-state index contributed by atoms with van der Waals surface area (Å²) in [6, 6.07) is 5.47. The molecule has 0 spiro atoms. The smallest absolute Gasteiger partial charge is 0.422 e. The molecule has 0 heterocycles. The minimum Gasteiger partial charge on any atom is -0.484 e. The van der Waals surface area contributed by atoms with Crippen LogP contribution in [0.4, 0.5) is 13.2 Å². The Morgan fingerprint density at radius 3 is 2.84 bits per heavy atom. The molecule has 0 aromatic heterocycles. The molecule has 5 heteroatoms. The SMILES string of the molecule is CCNC1CCCc2ccc(OCC(F)(F)F)cc21. The van der Waals surface area contributed by atoms with E-state index >= 15 is 0 Å². The van der Waals surface area contributed by atoms with Gasteiger partial charge in [0.15, 0.2) is 6.61 Å². The van der Waals surface area contributed by atoms with Gasteiger partial charge in [0, 0.05) is 6.04 Å². The standard InChI is InChI=1S/C14H18F3NO/c1-2-18-13-5-3-4-10-6-7-11(8-12(10)13)19-9-14(15,16)17/h6-8,13,18H,2-5,9H2,1H3. The number of fused-ring (bicyclic) bond motifs is 1. The molecule has 1 aromatic rings. The zero-order valence-electron chi connectivity index (χ0n) is 10.9. The van der Waals surface area contributed by atoms with Gasteiger partial charge in [0.05, 0.1) is 0 Å². The number of hydrogen-bond acceptors (Lipinski definition) is 2. The Kier molecular flexibility index (Phi) is 4.34. The summed E-state index contributed by atoms with van der Waals surface area (Å²) in [5.74, 6) is 0.292. The summed E-state index contributed by atoms with van der Waals surface area (Å²) in [5, 5.41) is 3.36. The van der Waals surface area contributed by atoms with Crippen LogP contribution in [0.3, 0.4) is 0 Å². The van der Waals surface area contributed by atoms with Crippen molar-refractivity contribution in [1.82, 2.24) is 5.32 Å². The van der Waals surface area contributed by atoms with Gasteiger partial charge in [0.2, 0.25) is 0 Å². The lowest BCUT2D eigenvalue weighted by Gasteiger charge is -2.26. The van der Waals surface area contributed by atoms with Crippen LogP contribution < -0.4 is 10.1 Å². The second-order valence-corrected chi connectivity index (χ2v) is 4.77. The van der Waals surface area contributed by atoms with Crippen LogP contribution in [0.5, 0.6) is 5.75 Å². The van der Waals surface area contributed by atoms with E-state index in [2.05, 4.69) is 5.32 Å². The first-order valence-corrected chi connectivity index (χ1v) is 6.55. The highest BCUT2D eigenvalue weighted by molar-refractivity contribution is 5.39. The van der Waals surface area contributed by atoms with Gasteiger partial charge in [-0.2, -0.15) is 13.2 Å². The van der Waals surface area contributed by atoms with Gasteiger partial charge in [-0.25, -0.2) is 0 Å². The summed E-state index contributed by atoms with van der Waals surface area (Å²) in [4.78, 5) is 0. The van der Waals surface area contributed by atoms with E-state index in [1.807, 2.05) is 13.0 Å². The number of halogens is 3. The van der Waals surface area contributed by atoms with E-state index < -0.39 is 12.8 Å². The largest absolute Gasteiger partial charge is 0.484 e. The Balaban J connectivity index is 2.14. The molecular weight excluding hydrogens is 255 g/mol. The Morgan fingerprint density at radius 1 is 1.37 bits per heavy atom. The van der Waals surface area contributed by atoms with Gasteiger partial charge >= 0.3 is 6.18 Å². The lowest BCUT2D eigenvalue weighted by atomic mass is 9.87. The van der Waals surface area contributed by atoms with Crippen molar-refractivity contribution >= 4 is 0 Å². The lowest BCUT2D eigenvalue weighted by molar-refractivity contribution is -0.153. The normalized spacial score (nSPS) is 19.1. The first kappa shape index (κ1) is 14.2. The quantitative estimate of drug-likeness (QED) is 0.904. The zero-order chi connectivity index (χ0) is 13.9. The molecule has 1 unspecified atom stereocenters. The van der Waals surface area contributed by atoms with Gasteiger partial charge in [-0.15, -0.1) is 0 Å². The van der Waals surface area contributed by atoms with E-state index in [9.17, 15) is 13.2 Å². The number of alkyl halides is 3. The average Bonchev–Trinajstić information content (AvgIpc) is 2.36. The molecule has 2 nitrogen and oxygen atoms in total. The maximum absolute atomic E-state index is 12.1. The van der Waals surface area contributed by atoms with Crippen molar-refractivity contribution in [1.29, 1.82) is 0 Å². The zero-order valence-corrected chi connectivity index (χ0v) is 10.9. The third kappa shape index (κ3) is 3.86. The minimum atomic E-state index is -4.29. The average molecular weight is 273 g/mol. The van der Waals surface area contributed by atoms with Crippen LogP contribution in [0, 0.1) is 0 Å². The molecular formula is C14H18F3NO. The number of hydrogen-bond donors (Lipinski definition) is 1. The van der Waals surface area contributed by atoms with E-state index in [1.165, 1.54) is 5.56 Å². The number of aryl methyl sites for hydroxylation is 1. The number of nitrogens with one attached hydrogen (secondary N) is 1. The highest BCUT2D eigenvalue weighted by Gasteiger charge is 2.28. The molecule has 0 aliphatic heterocycles. The molecule has 0 saturated heterocycles. The van der Waals surface area contributed by atoms with Crippen molar-refractivity contribution in [2.45, 2.75) is 38.4 Å². The van der Waals surface area contributed by atoms with Gasteiger partial charge in [-0.05, 0) is 49.1 Å².